The molecule has 4 nitrogen and oxygen atoms in total. The number of nitrogens with one attached hydrogen (secondary N) is 1. The predicted molar refractivity (Wildman–Crippen MR) is 67.5 cm³/mol. The summed E-state index contributed by atoms with van der Waals surface area (Å²) in [4.78, 5) is 0.101. The van der Waals surface area contributed by atoms with Crippen molar-refractivity contribution < 1.29 is 13.5 Å². The monoisotopic (exact) mass is 277 g/mol. The van der Waals surface area contributed by atoms with E-state index >= 15 is 0 Å². The summed E-state index contributed by atoms with van der Waals surface area (Å²) in [5, 5.41) is 9.47. The van der Waals surface area contributed by atoms with Crippen molar-refractivity contribution >= 4 is 21.6 Å². The molecular weight excluding hydrogens is 262 g/mol. The van der Waals surface area contributed by atoms with Crippen LogP contribution in [-0.4, -0.2) is 26.2 Å². The Morgan fingerprint density at radius 2 is 2.06 bits per heavy atom. The first-order chi connectivity index (χ1) is 7.86. The fourth-order valence-corrected chi connectivity index (χ4v) is 2.96. The largest absolute Gasteiger partial charge is 0.395 e. The third kappa shape index (κ3) is 3.96. The summed E-state index contributed by atoms with van der Waals surface area (Å²) in [5.41, 5.74) is 0. The van der Waals surface area contributed by atoms with Crippen LogP contribution in [0.4, 0.5) is 0 Å². The van der Waals surface area contributed by atoms with Gasteiger partial charge in [0.1, 0.15) is 0 Å². The van der Waals surface area contributed by atoms with E-state index in [2.05, 4.69) is 4.72 Å². The lowest BCUT2D eigenvalue weighted by Gasteiger charge is -2.19. The van der Waals surface area contributed by atoms with Gasteiger partial charge in [-0.05, 0) is 24.1 Å². The molecule has 0 spiro atoms. The van der Waals surface area contributed by atoms with Crippen LogP contribution in [0.2, 0.25) is 5.02 Å². The van der Waals surface area contributed by atoms with Gasteiger partial charge in [-0.25, -0.2) is 13.1 Å². The normalized spacial score (nSPS) is 13.9. The zero-order chi connectivity index (χ0) is 13.1. The van der Waals surface area contributed by atoms with Crippen LogP contribution >= 0.6 is 11.6 Å². The molecule has 0 saturated carbocycles. The van der Waals surface area contributed by atoms with Gasteiger partial charge in [-0.1, -0.05) is 31.5 Å². The quantitative estimate of drug-likeness (QED) is 0.860. The first-order valence-corrected chi connectivity index (χ1v) is 7.11. The van der Waals surface area contributed by atoms with E-state index in [0.29, 0.717) is 5.02 Å². The van der Waals surface area contributed by atoms with Crippen LogP contribution in [0.1, 0.15) is 13.8 Å². The molecule has 0 bridgehead atoms. The van der Waals surface area contributed by atoms with Gasteiger partial charge in [0.2, 0.25) is 10.0 Å². The van der Waals surface area contributed by atoms with Crippen LogP contribution in [0.3, 0.4) is 0 Å². The summed E-state index contributed by atoms with van der Waals surface area (Å²) in [6.45, 7) is 3.43. The third-order valence-electron chi connectivity index (χ3n) is 2.41. The molecule has 0 aliphatic rings. The van der Waals surface area contributed by atoms with E-state index in [0.717, 1.165) is 0 Å². The predicted octanol–water partition coefficient (Wildman–Crippen LogP) is 1.64. The second-order valence-corrected chi connectivity index (χ2v) is 6.26. The van der Waals surface area contributed by atoms with Crippen LogP contribution in [0.15, 0.2) is 29.2 Å². The number of sulfonamides is 1. The molecule has 0 amide bonds. The fourth-order valence-electron chi connectivity index (χ4n) is 1.29. The van der Waals surface area contributed by atoms with Crippen molar-refractivity contribution in [2.24, 2.45) is 5.92 Å². The Morgan fingerprint density at radius 3 is 2.53 bits per heavy atom. The van der Waals surface area contributed by atoms with Crippen LogP contribution in [0.5, 0.6) is 0 Å². The summed E-state index contributed by atoms with van der Waals surface area (Å²) in [7, 11) is -3.63. The highest BCUT2D eigenvalue weighted by molar-refractivity contribution is 7.89. The lowest BCUT2D eigenvalue weighted by atomic mass is 10.1. The molecule has 0 fully saturated rings. The second kappa shape index (κ2) is 5.82. The first kappa shape index (κ1) is 14.4. The molecule has 0 aromatic heterocycles. The highest BCUT2D eigenvalue weighted by Crippen LogP contribution is 2.16. The molecule has 2 N–H and O–H groups in total. The van der Waals surface area contributed by atoms with E-state index < -0.39 is 16.1 Å². The number of aliphatic hydroxyl groups excluding tert-OH is 1. The van der Waals surface area contributed by atoms with Crippen molar-refractivity contribution in [3.63, 3.8) is 0 Å². The van der Waals surface area contributed by atoms with E-state index in [1.807, 2.05) is 13.8 Å². The summed E-state index contributed by atoms with van der Waals surface area (Å²) in [6, 6.07) is 5.51. The number of aliphatic hydroxyl groups is 1. The van der Waals surface area contributed by atoms with Crippen molar-refractivity contribution in [1.29, 1.82) is 0 Å². The molecule has 0 radical (unpaired) electrons. The molecule has 1 rings (SSSR count). The second-order valence-electron chi connectivity index (χ2n) is 4.11. The fraction of sp³-hybridized carbons (Fsp3) is 0.455. The molecule has 1 atom stereocenters. The Balaban J connectivity index is 2.96. The average Bonchev–Trinajstić information content (AvgIpc) is 2.25. The standard InChI is InChI=1S/C11H16ClNO3S/c1-8(2)11(7-14)13-17(15,16)10-5-3-4-9(12)6-10/h3-6,8,11,13-14H,7H2,1-2H3/t11-/m1/s1. The van der Waals surface area contributed by atoms with Crippen molar-refractivity contribution in [3.05, 3.63) is 29.3 Å². The molecule has 1 aromatic carbocycles. The Kier molecular flexibility index (Phi) is 4.94. The summed E-state index contributed by atoms with van der Waals surface area (Å²) in [5.74, 6) is 0.00830. The van der Waals surface area contributed by atoms with Crippen molar-refractivity contribution in [1.82, 2.24) is 4.72 Å². The molecule has 0 heterocycles. The molecule has 1 aromatic rings. The van der Waals surface area contributed by atoms with Gasteiger partial charge in [-0.2, -0.15) is 0 Å². The van der Waals surface area contributed by atoms with Crippen molar-refractivity contribution in [3.8, 4) is 0 Å². The maximum Gasteiger partial charge on any atom is 0.240 e. The highest BCUT2D eigenvalue weighted by atomic mass is 35.5. The van der Waals surface area contributed by atoms with Crippen molar-refractivity contribution in [2.45, 2.75) is 24.8 Å². The maximum atomic E-state index is 12.0. The summed E-state index contributed by atoms with van der Waals surface area (Å²) >= 11 is 5.74. The van der Waals surface area contributed by atoms with Crippen molar-refractivity contribution in [2.75, 3.05) is 6.61 Å². The summed E-state index contributed by atoms with van der Waals surface area (Å²) in [6.07, 6.45) is 0. The zero-order valence-electron chi connectivity index (χ0n) is 9.72. The minimum Gasteiger partial charge on any atom is -0.395 e. The zero-order valence-corrected chi connectivity index (χ0v) is 11.3. The SMILES string of the molecule is CC(C)[C@@H](CO)NS(=O)(=O)c1cccc(Cl)c1. The Bertz CT molecular complexity index is 473. The number of hydrogen-bond acceptors (Lipinski definition) is 3. The minimum atomic E-state index is -3.63. The van der Waals surface area contributed by atoms with E-state index in [9.17, 15) is 8.42 Å². The number of hydrogen-bond donors (Lipinski definition) is 2. The molecule has 0 unspecified atom stereocenters. The van der Waals surface area contributed by atoms with Crippen LogP contribution < -0.4 is 4.72 Å². The lowest BCUT2D eigenvalue weighted by molar-refractivity contribution is 0.227. The Labute approximate surface area is 107 Å². The van der Waals surface area contributed by atoms with Gasteiger partial charge in [-0.15, -0.1) is 0 Å². The van der Waals surface area contributed by atoms with Gasteiger partial charge in [-0.3, -0.25) is 0 Å². The van der Waals surface area contributed by atoms with E-state index in [4.69, 9.17) is 16.7 Å². The van der Waals surface area contributed by atoms with E-state index in [-0.39, 0.29) is 17.4 Å². The molecule has 0 aliphatic carbocycles. The van der Waals surface area contributed by atoms with Gasteiger partial charge in [0.05, 0.1) is 11.5 Å². The number of halogens is 1. The lowest BCUT2D eigenvalue weighted by Crippen LogP contribution is -2.41. The molecule has 96 valence electrons. The molecule has 0 saturated heterocycles. The smallest absolute Gasteiger partial charge is 0.240 e. The van der Waals surface area contributed by atoms with Gasteiger partial charge in [0.25, 0.3) is 0 Å². The Morgan fingerprint density at radius 1 is 1.41 bits per heavy atom. The Hall–Kier alpha value is -0.620. The topological polar surface area (TPSA) is 66.4 Å². The van der Waals surface area contributed by atoms with Gasteiger partial charge in [0.15, 0.2) is 0 Å². The molecule has 0 aliphatic heterocycles. The van der Waals surface area contributed by atoms with Crippen LogP contribution in [0, 0.1) is 5.92 Å². The van der Waals surface area contributed by atoms with E-state index in [1.54, 1.807) is 12.1 Å². The average molecular weight is 278 g/mol. The molecule has 6 heteroatoms. The highest BCUT2D eigenvalue weighted by Gasteiger charge is 2.21. The molecular formula is C11H16ClNO3S. The third-order valence-corrected chi connectivity index (χ3v) is 4.14. The summed E-state index contributed by atoms with van der Waals surface area (Å²) < 4.78 is 26.4. The van der Waals surface area contributed by atoms with Crippen LogP contribution in [-0.2, 0) is 10.0 Å². The number of benzene rings is 1. The maximum absolute atomic E-state index is 12.0. The number of rotatable bonds is 5. The van der Waals surface area contributed by atoms with Gasteiger partial charge >= 0.3 is 0 Å². The molecule has 17 heavy (non-hydrogen) atoms. The first-order valence-electron chi connectivity index (χ1n) is 5.25. The minimum absolute atomic E-state index is 0.00830. The van der Waals surface area contributed by atoms with Crippen LogP contribution in [0.25, 0.3) is 0 Å². The van der Waals surface area contributed by atoms with Gasteiger partial charge < -0.3 is 5.11 Å². The van der Waals surface area contributed by atoms with Gasteiger partial charge in [0, 0.05) is 11.1 Å². The van der Waals surface area contributed by atoms with E-state index in [1.165, 1.54) is 12.1 Å².